The van der Waals surface area contributed by atoms with Crippen LogP contribution in [0.1, 0.15) is 10.4 Å². The standard InChI is InChI=1S/C8H9NO5/c1-14-8(11)6-4-5(10)2-3-7(6)9(12)13/h2-4,10,12-13H,1H3. The number of methoxy groups -OCH3 is 1. The van der Waals surface area contributed by atoms with Gasteiger partial charge in [-0.25, -0.2) is 4.79 Å². The van der Waals surface area contributed by atoms with E-state index in [4.69, 9.17) is 15.5 Å². The van der Waals surface area contributed by atoms with Gasteiger partial charge in [0.15, 0.2) is 0 Å². The lowest BCUT2D eigenvalue weighted by molar-refractivity contribution is 0.0272. The molecule has 0 heterocycles. The van der Waals surface area contributed by atoms with Crippen LogP contribution in [0.5, 0.6) is 5.75 Å². The second-order valence-electron chi connectivity index (χ2n) is 2.48. The minimum Gasteiger partial charge on any atom is -0.508 e. The Morgan fingerprint density at radius 3 is 2.57 bits per heavy atom. The third-order valence-electron chi connectivity index (χ3n) is 1.60. The number of esters is 1. The molecular weight excluding hydrogens is 190 g/mol. The highest BCUT2D eigenvalue weighted by Crippen LogP contribution is 2.23. The Bertz CT molecular complexity index is 350. The number of aromatic hydroxyl groups is 1. The zero-order valence-corrected chi connectivity index (χ0v) is 7.34. The number of ether oxygens (including phenoxy) is 1. The van der Waals surface area contributed by atoms with E-state index < -0.39 is 5.97 Å². The van der Waals surface area contributed by atoms with E-state index in [2.05, 4.69) is 4.74 Å². The van der Waals surface area contributed by atoms with Crippen LogP contribution in [-0.4, -0.2) is 28.6 Å². The molecule has 6 nitrogen and oxygen atoms in total. The fraction of sp³-hybridized carbons (Fsp3) is 0.125. The quantitative estimate of drug-likeness (QED) is 0.481. The molecule has 0 aliphatic rings. The molecule has 0 unspecified atom stereocenters. The van der Waals surface area contributed by atoms with Crippen LogP contribution in [-0.2, 0) is 4.74 Å². The number of carbonyl (C=O) groups excluding carboxylic acids is 1. The van der Waals surface area contributed by atoms with Crippen LogP contribution in [0.3, 0.4) is 0 Å². The molecule has 0 aliphatic carbocycles. The van der Waals surface area contributed by atoms with Crippen molar-refractivity contribution in [1.29, 1.82) is 0 Å². The van der Waals surface area contributed by atoms with Crippen molar-refractivity contribution < 1.29 is 25.1 Å². The highest BCUT2D eigenvalue weighted by atomic mass is 16.8. The molecule has 1 aromatic carbocycles. The van der Waals surface area contributed by atoms with Crippen molar-refractivity contribution in [2.45, 2.75) is 0 Å². The minimum atomic E-state index is -0.774. The summed E-state index contributed by atoms with van der Waals surface area (Å²) in [4.78, 5) is 11.1. The fourth-order valence-electron chi connectivity index (χ4n) is 0.972. The second-order valence-corrected chi connectivity index (χ2v) is 2.48. The number of carbonyl (C=O) groups is 1. The Balaban J connectivity index is 3.22. The van der Waals surface area contributed by atoms with Crippen molar-refractivity contribution in [1.82, 2.24) is 0 Å². The van der Waals surface area contributed by atoms with Gasteiger partial charge in [-0.1, -0.05) is 0 Å². The molecule has 0 fully saturated rings. The minimum absolute atomic E-state index is 0.141. The highest BCUT2D eigenvalue weighted by molar-refractivity contribution is 5.95. The van der Waals surface area contributed by atoms with E-state index in [0.717, 1.165) is 13.2 Å². The normalized spacial score (nSPS) is 9.64. The van der Waals surface area contributed by atoms with Crippen LogP contribution in [0, 0.1) is 0 Å². The van der Waals surface area contributed by atoms with E-state index in [1.807, 2.05) is 0 Å². The van der Waals surface area contributed by atoms with Gasteiger partial charge in [-0.2, -0.15) is 0 Å². The first-order valence-corrected chi connectivity index (χ1v) is 3.65. The summed E-state index contributed by atoms with van der Waals surface area (Å²) in [6.45, 7) is 0. The van der Waals surface area contributed by atoms with Gasteiger partial charge in [0.05, 0.1) is 12.7 Å². The predicted molar refractivity (Wildman–Crippen MR) is 45.5 cm³/mol. The number of hydrogen-bond acceptors (Lipinski definition) is 6. The zero-order chi connectivity index (χ0) is 10.7. The zero-order valence-electron chi connectivity index (χ0n) is 7.34. The lowest BCUT2D eigenvalue weighted by atomic mass is 10.1. The summed E-state index contributed by atoms with van der Waals surface area (Å²) < 4.78 is 4.38. The molecule has 0 bridgehead atoms. The third-order valence-corrected chi connectivity index (χ3v) is 1.60. The largest absolute Gasteiger partial charge is 0.508 e. The number of nitrogens with zero attached hydrogens (tertiary/aromatic N) is 1. The van der Waals surface area contributed by atoms with E-state index in [-0.39, 0.29) is 22.2 Å². The van der Waals surface area contributed by atoms with Crippen LogP contribution in [0.15, 0.2) is 18.2 Å². The Morgan fingerprint density at radius 1 is 1.43 bits per heavy atom. The molecule has 0 saturated heterocycles. The van der Waals surface area contributed by atoms with Gasteiger partial charge >= 0.3 is 5.97 Å². The molecule has 0 aliphatic heterocycles. The van der Waals surface area contributed by atoms with Crippen molar-refractivity contribution in [3.63, 3.8) is 0 Å². The average molecular weight is 199 g/mol. The van der Waals surface area contributed by atoms with Crippen molar-refractivity contribution >= 4 is 11.7 Å². The van der Waals surface area contributed by atoms with Gasteiger partial charge < -0.3 is 9.84 Å². The molecule has 1 rings (SSSR count). The summed E-state index contributed by atoms with van der Waals surface area (Å²) in [5.74, 6) is -0.944. The van der Waals surface area contributed by atoms with Gasteiger partial charge in [-0.05, 0) is 18.2 Å². The summed E-state index contributed by atoms with van der Waals surface area (Å²) in [5, 5.41) is 26.3. The highest BCUT2D eigenvalue weighted by Gasteiger charge is 2.15. The lowest BCUT2D eigenvalue weighted by Gasteiger charge is -2.11. The second kappa shape index (κ2) is 3.95. The van der Waals surface area contributed by atoms with Crippen molar-refractivity contribution in [2.24, 2.45) is 0 Å². The van der Waals surface area contributed by atoms with Crippen LogP contribution >= 0.6 is 0 Å². The Morgan fingerprint density at radius 2 is 2.07 bits per heavy atom. The molecule has 0 aromatic heterocycles. The SMILES string of the molecule is COC(=O)c1cc(O)ccc1N(O)O. The molecule has 76 valence electrons. The van der Waals surface area contributed by atoms with E-state index in [1.54, 1.807) is 0 Å². The molecular formula is C8H9NO5. The summed E-state index contributed by atoms with van der Waals surface area (Å²) >= 11 is 0. The molecule has 14 heavy (non-hydrogen) atoms. The molecule has 0 spiro atoms. The summed E-state index contributed by atoms with van der Waals surface area (Å²) in [6, 6.07) is 3.45. The van der Waals surface area contributed by atoms with E-state index in [9.17, 15) is 4.79 Å². The van der Waals surface area contributed by atoms with E-state index >= 15 is 0 Å². The monoisotopic (exact) mass is 199 g/mol. The van der Waals surface area contributed by atoms with E-state index in [1.165, 1.54) is 12.1 Å². The van der Waals surface area contributed by atoms with Crippen LogP contribution < -0.4 is 5.23 Å². The lowest BCUT2D eigenvalue weighted by Crippen LogP contribution is -2.16. The Labute approximate surface area is 79.5 Å². The Hall–Kier alpha value is -1.79. The first kappa shape index (κ1) is 10.3. The number of benzene rings is 1. The molecule has 0 saturated carbocycles. The first-order chi connectivity index (χ1) is 6.56. The number of rotatable bonds is 2. The summed E-state index contributed by atoms with van der Waals surface area (Å²) in [6.07, 6.45) is 0. The number of hydrogen-bond donors (Lipinski definition) is 3. The van der Waals surface area contributed by atoms with Gasteiger partial charge in [-0.15, -0.1) is 5.23 Å². The number of anilines is 1. The van der Waals surface area contributed by atoms with Crippen molar-refractivity contribution in [3.8, 4) is 5.75 Å². The van der Waals surface area contributed by atoms with Crippen LogP contribution in [0.4, 0.5) is 5.69 Å². The maximum absolute atomic E-state index is 11.1. The fourth-order valence-corrected chi connectivity index (χ4v) is 0.972. The smallest absolute Gasteiger partial charge is 0.340 e. The molecule has 3 N–H and O–H groups in total. The van der Waals surface area contributed by atoms with E-state index in [0.29, 0.717) is 0 Å². The van der Waals surface area contributed by atoms with Crippen LogP contribution in [0.25, 0.3) is 0 Å². The molecule has 0 amide bonds. The third kappa shape index (κ3) is 1.93. The molecule has 0 radical (unpaired) electrons. The van der Waals surface area contributed by atoms with Gasteiger partial charge in [0.25, 0.3) is 0 Å². The van der Waals surface area contributed by atoms with Gasteiger partial charge in [0.2, 0.25) is 0 Å². The van der Waals surface area contributed by atoms with Crippen LogP contribution in [0.2, 0.25) is 0 Å². The first-order valence-electron chi connectivity index (χ1n) is 3.65. The van der Waals surface area contributed by atoms with Crippen molar-refractivity contribution in [2.75, 3.05) is 12.3 Å². The topological polar surface area (TPSA) is 90.2 Å². The van der Waals surface area contributed by atoms with Crippen molar-refractivity contribution in [3.05, 3.63) is 23.8 Å². The predicted octanol–water partition coefficient (Wildman–Crippen LogP) is 0.764. The van der Waals surface area contributed by atoms with Gasteiger partial charge in [0.1, 0.15) is 11.4 Å². The Kier molecular flexibility index (Phi) is 2.90. The number of phenols is 1. The summed E-state index contributed by atoms with van der Waals surface area (Å²) in [7, 11) is 1.15. The average Bonchev–Trinajstić information content (AvgIpc) is 2.16. The molecule has 0 atom stereocenters. The maximum atomic E-state index is 11.1. The summed E-state index contributed by atoms with van der Waals surface area (Å²) in [5.41, 5.74) is -0.313. The molecule has 1 aromatic rings. The number of phenolic OH excluding ortho intramolecular Hbond substituents is 1. The molecule has 6 heteroatoms. The van der Waals surface area contributed by atoms with Gasteiger partial charge in [0, 0.05) is 0 Å². The van der Waals surface area contributed by atoms with Gasteiger partial charge in [-0.3, -0.25) is 10.4 Å². The maximum Gasteiger partial charge on any atom is 0.340 e.